The number of hydrogen-bond donors (Lipinski definition) is 0. The van der Waals surface area contributed by atoms with Gasteiger partial charge in [0.1, 0.15) is 0 Å². The molecule has 0 spiro atoms. The van der Waals surface area contributed by atoms with Gasteiger partial charge in [-0.2, -0.15) is 0 Å². The normalized spacial score (nSPS) is 39.2. The molecule has 0 radical (unpaired) electrons. The minimum atomic E-state index is 0.390. The van der Waals surface area contributed by atoms with Gasteiger partial charge in [0.25, 0.3) is 0 Å². The van der Waals surface area contributed by atoms with Gasteiger partial charge in [-0.05, 0) is 35.2 Å². The maximum atomic E-state index is 6.28. The second-order valence-electron chi connectivity index (χ2n) is 6.56. The van der Waals surface area contributed by atoms with Gasteiger partial charge in [0.15, 0.2) is 0 Å². The molecule has 0 aromatic heterocycles. The second kappa shape index (κ2) is 6.09. The lowest BCUT2D eigenvalue weighted by atomic mass is 9.63. The van der Waals surface area contributed by atoms with E-state index < -0.39 is 0 Å². The fourth-order valence-electron chi connectivity index (χ4n) is 3.58. The molecule has 106 valence electrons. The average Bonchev–Trinajstić information content (AvgIpc) is 2.44. The summed E-state index contributed by atoms with van der Waals surface area (Å²) in [5.74, 6) is 3.57. The molecule has 1 fully saturated rings. The van der Waals surface area contributed by atoms with Crippen LogP contribution in [0.1, 0.15) is 40.2 Å². The summed E-state index contributed by atoms with van der Waals surface area (Å²) < 4.78 is 6.28. The lowest BCUT2D eigenvalue weighted by Gasteiger charge is -2.46. The topological polar surface area (TPSA) is 9.23 Å². The van der Waals surface area contributed by atoms with Crippen LogP contribution in [0, 0.1) is 29.6 Å². The van der Waals surface area contributed by atoms with Crippen molar-refractivity contribution in [3.8, 4) is 0 Å². The van der Waals surface area contributed by atoms with E-state index in [1.54, 1.807) is 0 Å². The average molecular weight is 260 g/mol. The summed E-state index contributed by atoms with van der Waals surface area (Å²) in [6.45, 7) is 12.6. The minimum Gasteiger partial charge on any atom is -0.373 e. The van der Waals surface area contributed by atoms with Crippen molar-refractivity contribution in [1.29, 1.82) is 0 Å². The van der Waals surface area contributed by atoms with Crippen molar-refractivity contribution in [3.05, 3.63) is 35.9 Å². The molecule has 1 nitrogen and oxygen atoms in total. The monoisotopic (exact) mass is 260 g/mol. The highest BCUT2D eigenvalue weighted by atomic mass is 16.5. The Labute approximate surface area is 118 Å². The fraction of sp³-hybridized carbons (Fsp3) is 0.667. The first kappa shape index (κ1) is 14.6. The highest BCUT2D eigenvalue weighted by Gasteiger charge is 2.41. The van der Waals surface area contributed by atoms with Crippen LogP contribution in [-0.2, 0) is 11.3 Å². The summed E-state index contributed by atoms with van der Waals surface area (Å²) in [5, 5.41) is 0. The van der Waals surface area contributed by atoms with Gasteiger partial charge >= 0.3 is 0 Å². The standard InChI is InChI=1S/C18H28O/c1-12-13(2)15(4)18(16(5)14(12)3)19-11-17-9-7-6-8-10-17/h6-10,12-16,18H,11H2,1-5H3/t12?,13-,14?,15?,16-,18?/m1/s1. The molecule has 1 aliphatic carbocycles. The summed E-state index contributed by atoms with van der Waals surface area (Å²) in [5.41, 5.74) is 1.28. The molecule has 1 saturated carbocycles. The Morgan fingerprint density at radius 3 is 1.74 bits per heavy atom. The highest BCUT2D eigenvalue weighted by Crippen LogP contribution is 2.43. The van der Waals surface area contributed by atoms with Crippen LogP contribution in [0.25, 0.3) is 0 Å². The van der Waals surface area contributed by atoms with E-state index in [4.69, 9.17) is 4.74 Å². The van der Waals surface area contributed by atoms with Crippen molar-refractivity contribution in [1.82, 2.24) is 0 Å². The summed E-state index contributed by atoms with van der Waals surface area (Å²) in [6.07, 6.45) is 0.390. The molecular weight excluding hydrogens is 232 g/mol. The molecule has 1 aromatic carbocycles. The molecule has 19 heavy (non-hydrogen) atoms. The fourth-order valence-corrected chi connectivity index (χ4v) is 3.58. The summed E-state index contributed by atoms with van der Waals surface area (Å²) in [7, 11) is 0. The van der Waals surface area contributed by atoms with E-state index in [1.807, 2.05) is 0 Å². The molecule has 0 amide bonds. The molecule has 0 saturated heterocycles. The summed E-state index contributed by atoms with van der Waals surface area (Å²) in [4.78, 5) is 0. The Morgan fingerprint density at radius 1 is 0.737 bits per heavy atom. The van der Waals surface area contributed by atoms with E-state index >= 15 is 0 Å². The maximum Gasteiger partial charge on any atom is 0.0720 e. The van der Waals surface area contributed by atoms with Crippen molar-refractivity contribution in [2.45, 2.75) is 47.3 Å². The first-order chi connectivity index (χ1) is 9.02. The van der Waals surface area contributed by atoms with Gasteiger partial charge in [-0.3, -0.25) is 0 Å². The zero-order valence-electron chi connectivity index (χ0n) is 13.0. The summed E-state index contributed by atoms with van der Waals surface area (Å²) in [6, 6.07) is 10.5. The van der Waals surface area contributed by atoms with E-state index in [2.05, 4.69) is 65.0 Å². The van der Waals surface area contributed by atoms with E-state index in [1.165, 1.54) is 5.56 Å². The number of hydrogen-bond acceptors (Lipinski definition) is 1. The molecule has 0 N–H and O–H groups in total. The Kier molecular flexibility index (Phi) is 4.67. The molecule has 0 heterocycles. The Hall–Kier alpha value is -0.820. The van der Waals surface area contributed by atoms with Crippen LogP contribution in [0.3, 0.4) is 0 Å². The lowest BCUT2D eigenvalue weighted by Crippen LogP contribution is -2.45. The van der Waals surface area contributed by atoms with Crippen LogP contribution < -0.4 is 0 Å². The van der Waals surface area contributed by atoms with E-state index in [-0.39, 0.29) is 0 Å². The largest absolute Gasteiger partial charge is 0.373 e. The van der Waals surface area contributed by atoms with E-state index in [0.29, 0.717) is 17.9 Å². The third-order valence-corrected chi connectivity index (χ3v) is 5.64. The summed E-state index contributed by atoms with van der Waals surface area (Å²) >= 11 is 0. The van der Waals surface area contributed by atoms with Crippen LogP contribution >= 0.6 is 0 Å². The van der Waals surface area contributed by atoms with Gasteiger partial charge in [-0.15, -0.1) is 0 Å². The minimum absolute atomic E-state index is 0.390. The van der Waals surface area contributed by atoms with Gasteiger partial charge in [-0.25, -0.2) is 0 Å². The van der Waals surface area contributed by atoms with Crippen LogP contribution in [-0.4, -0.2) is 6.10 Å². The third kappa shape index (κ3) is 3.02. The smallest absolute Gasteiger partial charge is 0.0720 e. The van der Waals surface area contributed by atoms with Crippen LogP contribution in [0.15, 0.2) is 30.3 Å². The Bertz CT molecular complexity index is 370. The molecule has 1 aromatic rings. The molecule has 4 unspecified atom stereocenters. The van der Waals surface area contributed by atoms with Crippen molar-refractivity contribution in [2.75, 3.05) is 0 Å². The molecule has 2 rings (SSSR count). The van der Waals surface area contributed by atoms with Gasteiger partial charge in [0, 0.05) is 0 Å². The predicted molar refractivity (Wildman–Crippen MR) is 80.8 cm³/mol. The molecule has 1 heteroatoms. The van der Waals surface area contributed by atoms with Crippen LogP contribution in [0.2, 0.25) is 0 Å². The predicted octanol–water partition coefficient (Wildman–Crippen LogP) is 4.77. The van der Waals surface area contributed by atoms with Crippen molar-refractivity contribution >= 4 is 0 Å². The SMILES string of the molecule is CC1C(C)[C@@H](C)C(OCc2ccccc2)C(C)[C@@H]1C. The molecular formula is C18H28O. The number of benzene rings is 1. The van der Waals surface area contributed by atoms with Crippen LogP contribution in [0.5, 0.6) is 0 Å². The zero-order valence-corrected chi connectivity index (χ0v) is 13.0. The zero-order chi connectivity index (χ0) is 14.0. The van der Waals surface area contributed by atoms with Gasteiger partial charge < -0.3 is 4.74 Å². The van der Waals surface area contributed by atoms with Gasteiger partial charge in [0.2, 0.25) is 0 Å². The molecule has 0 bridgehead atoms. The highest BCUT2D eigenvalue weighted by molar-refractivity contribution is 5.13. The Morgan fingerprint density at radius 2 is 1.21 bits per heavy atom. The quantitative estimate of drug-likeness (QED) is 0.761. The molecule has 1 aliphatic rings. The lowest BCUT2D eigenvalue weighted by molar-refractivity contribution is -0.102. The molecule has 6 atom stereocenters. The van der Waals surface area contributed by atoms with Gasteiger partial charge in [0.05, 0.1) is 12.7 Å². The van der Waals surface area contributed by atoms with E-state index in [0.717, 1.165) is 24.4 Å². The third-order valence-electron chi connectivity index (χ3n) is 5.64. The van der Waals surface area contributed by atoms with Gasteiger partial charge in [-0.1, -0.05) is 65.0 Å². The van der Waals surface area contributed by atoms with Crippen LogP contribution in [0.4, 0.5) is 0 Å². The number of rotatable bonds is 3. The van der Waals surface area contributed by atoms with Crippen molar-refractivity contribution < 1.29 is 4.74 Å². The first-order valence-corrected chi connectivity index (χ1v) is 7.68. The first-order valence-electron chi connectivity index (χ1n) is 7.68. The Balaban J connectivity index is 2.02. The maximum absolute atomic E-state index is 6.28. The second-order valence-corrected chi connectivity index (χ2v) is 6.56. The van der Waals surface area contributed by atoms with Crippen molar-refractivity contribution in [3.63, 3.8) is 0 Å². The molecule has 0 aliphatic heterocycles. The van der Waals surface area contributed by atoms with Crippen molar-refractivity contribution in [2.24, 2.45) is 29.6 Å². The van der Waals surface area contributed by atoms with E-state index in [9.17, 15) is 0 Å². The number of ether oxygens (including phenoxy) is 1.